The Balaban J connectivity index is 1.73. The maximum Gasteiger partial charge on any atom is 0.260 e. The molecule has 0 radical (unpaired) electrons. The fraction of sp³-hybridized carbons (Fsp3) is 0.565. The molecule has 0 bridgehead atoms. The Morgan fingerprint density at radius 3 is 2.56 bits per heavy atom. The number of piperidine rings is 1. The Kier molecular flexibility index (Phi) is 8.17. The van der Waals surface area contributed by atoms with Crippen molar-refractivity contribution in [2.75, 3.05) is 44.4 Å². The van der Waals surface area contributed by atoms with Gasteiger partial charge < -0.3 is 19.3 Å². The third kappa shape index (κ3) is 6.03. The van der Waals surface area contributed by atoms with Crippen molar-refractivity contribution in [1.82, 2.24) is 9.80 Å². The molecule has 0 saturated carbocycles. The first-order chi connectivity index (χ1) is 15.3. The molecule has 2 fully saturated rings. The second kappa shape index (κ2) is 10.8. The molecular formula is C23H32N2O6S. The monoisotopic (exact) mass is 464 g/mol. The van der Waals surface area contributed by atoms with Crippen molar-refractivity contribution in [2.45, 2.75) is 38.6 Å². The van der Waals surface area contributed by atoms with Crippen LogP contribution in [-0.2, 0) is 14.6 Å². The lowest BCUT2D eigenvalue weighted by atomic mass is 10.1. The zero-order valence-corrected chi connectivity index (χ0v) is 19.4. The van der Waals surface area contributed by atoms with Crippen molar-refractivity contribution in [3.63, 3.8) is 0 Å². The molecule has 2 aliphatic heterocycles. The van der Waals surface area contributed by atoms with E-state index in [1.54, 1.807) is 29.2 Å². The second-order valence-corrected chi connectivity index (χ2v) is 10.4. The van der Waals surface area contributed by atoms with E-state index in [4.69, 9.17) is 9.47 Å². The SMILES string of the molecule is C=CCN(C(=O)c1ccc(OCC(=O)N2CCCCC2)c(OCC)c1)C1CCS(=O)(=O)C1. The normalized spacial score (nSPS) is 19.9. The molecule has 32 heavy (non-hydrogen) atoms. The molecule has 8 nitrogen and oxygen atoms in total. The number of rotatable bonds is 9. The Hall–Kier alpha value is -2.55. The number of benzene rings is 1. The van der Waals surface area contributed by atoms with Crippen molar-refractivity contribution in [3.8, 4) is 11.5 Å². The Morgan fingerprint density at radius 2 is 1.94 bits per heavy atom. The topological polar surface area (TPSA) is 93.2 Å². The summed E-state index contributed by atoms with van der Waals surface area (Å²) in [6.07, 6.45) is 5.17. The van der Waals surface area contributed by atoms with Crippen LogP contribution in [0.15, 0.2) is 30.9 Å². The first kappa shape index (κ1) is 24.1. The number of nitrogens with zero attached hydrogens (tertiary/aromatic N) is 2. The third-order valence-corrected chi connectivity index (χ3v) is 7.54. The van der Waals surface area contributed by atoms with Gasteiger partial charge in [-0.3, -0.25) is 9.59 Å². The van der Waals surface area contributed by atoms with Gasteiger partial charge in [0.1, 0.15) is 0 Å². The molecule has 0 aromatic heterocycles. The molecule has 2 aliphatic rings. The fourth-order valence-electron chi connectivity index (χ4n) is 4.13. The molecule has 0 aliphatic carbocycles. The van der Waals surface area contributed by atoms with Crippen LogP contribution in [0, 0.1) is 0 Å². The number of ether oxygens (including phenoxy) is 2. The number of hydrogen-bond donors (Lipinski definition) is 0. The summed E-state index contributed by atoms with van der Waals surface area (Å²) in [7, 11) is -3.13. The summed E-state index contributed by atoms with van der Waals surface area (Å²) in [5.74, 6) is 0.469. The van der Waals surface area contributed by atoms with E-state index in [-0.39, 0.29) is 42.5 Å². The summed E-state index contributed by atoms with van der Waals surface area (Å²) in [6, 6.07) is 4.45. The second-order valence-electron chi connectivity index (χ2n) is 8.13. The van der Waals surface area contributed by atoms with Crippen LogP contribution in [0.2, 0.25) is 0 Å². The maximum absolute atomic E-state index is 13.2. The van der Waals surface area contributed by atoms with Crippen LogP contribution in [0.4, 0.5) is 0 Å². The number of amides is 2. The molecule has 1 aromatic rings. The zero-order chi connectivity index (χ0) is 23.1. The van der Waals surface area contributed by atoms with E-state index in [2.05, 4.69) is 6.58 Å². The number of carbonyl (C=O) groups is 2. The standard InChI is InChI=1S/C23H32N2O6S/c1-3-11-25(19-10-14-32(28,29)17-19)23(27)18-8-9-20(21(15-18)30-4-2)31-16-22(26)24-12-6-5-7-13-24/h3,8-9,15,19H,1,4-7,10-14,16-17H2,2H3. The maximum atomic E-state index is 13.2. The Labute approximate surface area is 190 Å². The van der Waals surface area contributed by atoms with Crippen LogP contribution in [0.25, 0.3) is 0 Å². The van der Waals surface area contributed by atoms with Gasteiger partial charge in [0.15, 0.2) is 27.9 Å². The molecule has 2 heterocycles. The predicted molar refractivity (Wildman–Crippen MR) is 122 cm³/mol. The van der Waals surface area contributed by atoms with Crippen LogP contribution < -0.4 is 9.47 Å². The lowest BCUT2D eigenvalue weighted by molar-refractivity contribution is -0.134. The number of hydrogen-bond acceptors (Lipinski definition) is 6. The van der Waals surface area contributed by atoms with Gasteiger partial charge in [-0.25, -0.2) is 8.42 Å². The number of sulfone groups is 1. The minimum absolute atomic E-state index is 0.0370. The number of carbonyl (C=O) groups excluding carboxylic acids is 2. The smallest absolute Gasteiger partial charge is 0.260 e. The minimum Gasteiger partial charge on any atom is -0.490 e. The van der Waals surface area contributed by atoms with Gasteiger partial charge in [-0.1, -0.05) is 6.08 Å². The average Bonchev–Trinajstić information content (AvgIpc) is 3.16. The average molecular weight is 465 g/mol. The minimum atomic E-state index is -3.13. The summed E-state index contributed by atoms with van der Waals surface area (Å²) in [5.41, 5.74) is 0.370. The van der Waals surface area contributed by atoms with Crippen LogP contribution >= 0.6 is 0 Å². The van der Waals surface area contributed by atoms with Crippen molar-refractivity contribution < 1.29 is 27.5 Å². The molecule has 2 amide bonds. The molecule has 3 rings (SSSR count). The van der Waals surface area contributed by atoms with Crippen molar-refractivity contribution in [3.05, 3.63) is 36.4 Å². The van der Waals surface area contributed by atoms with Gasteiger partial charge in [-0.2, -0.15) is 0 Å². The highest BCUT2D eigenvalue weighted by Crippen LogP contribution is 2.30. The molecular weight excluding hydrogens is 432 g/mol. The van der Waals surface area contributed by atoms with Crippen molar-refractivity contribution in [1.29, 1.82) is 0 Å². The van der Waals surface area contributed by atoms with Gasteiger partial charge in [-0.15, -0.1) is 6.58 Å². The summed E-state index contributed by atoms with van der Waals surface area (Å²) in [5, 5.41) is 0. The lowest BCUT2D eigenvalue weighted by Gasteiger charge is -2.28. The Bertz CT molecular complexity index is 940. The molecule has 0 spiro atoms. The molecule has 9 heteroatoms. The van der Waals surface area contributed by atoms with E-state index in [1.807, 2.05) is 11.8 Å². The number of likely N-dealkylation sites (tertiary alicyclic amines) is 1. The fourth-order valence-corrected chi connectivity index (χ4v) is 5.86. The van der Waals surface area contributed by atoms with E-state index < -0.39 is 9.84 Å². The van der Waals surface area contributed by atoms with Crippen LogP contribution in [0.5, 0.6) is 11.5 Å². The highest BCUT2D eigenvalue weighted by molar-refractivity contribution is 7.91. The van der Waals surface area contributed by atoms with Crippen LogP contribution in [0.3, 0.4) is 0 Å². The largest absolute Gasteiger partial charge is 0.490 e. The summed E-state index contributed by atoms with van der Waals surface area (Å²) >= 11 is 0. The molecule has 1 aromatic carbocycles. The van der Waals surface area contributed by atoms with Gasteiger partial charge in [0.05, 0.1) is 18.1 Å². The highest BCUT2D eigenvalue weighted by atomic mass is 32.2. The molecule has 176 valence electrons. The first-order valence-electron chi connectivity index (χ1n) is 11.1. The summed E-state index contributed by atoms with van der Waals surface area (Å²) in [4.78, 5) is 29.0. The highest BCUT2D eigenvalue weighted by Gasteiger charge is 2.34. The van der Waals surface area contributed by atoms with Gasteiger partial charge in [0.2, 0.25) is 0 Å². The molecule has 1 unspecified atom stereocenters. The molecule has 0 N–H and O–H groups in total. The van der Waals surface area contributed by atoms with Crippen molar-refractivity contribution in [2.24, 2.45) is 0 Å². The van der Waals surface area contributed by atoms with Crippen LogP contribution in [0.1, 0.15) is 43.0 Å². The summed E-state index contributed by atoms with van der Waals surface area (Å²) in [6.45, 7) is 7.57. The molecule has 1 atom stereocenters. The lowest BCUT2D eigenvalue weighted by Crippen LogP contribution is -2.41. The van der Waals surface area contributed by atoms with E-state index in [0.29, 0.717) is 30.1 Å². The Morgan fingerprint density at radius 1 is 1.19 bits per heavy atom. The van der Waals surface area contributed by atoms with E-state index in [1.165, 1.54) is 0 Å². The zero-order valence-electron chi connectivity index (χ0n) is 18.6. The van der Waals surface area contributed by atoms with Gasteiger partial charge in [0, 0.05) is 31.2 Å². The predicted octanol–water partition coefficient (Wildman–Crippen LogP) is 2.29. The first-order valence-corrected chi connectivity index (χ1v) is 13.0. The van der Waals surface area contributed by atoms with E-state index in [0.717, 1.165) is 32.4 Å². The van der Waals surface area contributed by atoms with E-state index >= 15 is 0 Å². The van der Waals surface area contributed by atoms with Crippen molar-refractivity contribution >= 4 is 21.7 Å². The van der Waals surface area contributed by atoms with Gasteiger partial charge in [-0.05, 0) is 50.8 Å². The third-order valence-electron chi connectivity index (χ3n) is 5.79. The van der Waals surface area contributed by atoms with Gasteiger partial charge >= 0.3 is 0 Å². The summed E-state index contributed by atoms with van der Waals surface area (Å²) < 4.78 is 35.2. The quantitative estimate of drug-likeness (QED) is 0.521. The van der Waals surface area contributed by atoms with Crippen LogP contribution in [-0.4, -0.2) is 80.4 Å². The van der Waals surface area contributed by atoms with Gasteiger partial charge in [0.25, 0.3) is 11.8 Å². The molecule has 2 saturated heterocycles. The van der Waals surface area contributed by atoms with E-state index in [9.17, 15) is 18.0 Å².